The molecule has 1 aromatic carbocycles. The van der Waals surface area contributed by atoms with Crippen molar-refractivity contribution in [1.82, 2.24) is 10.2 Å². The van der Waals surface area contributed by atoms with Crippen LogP contribution in [0.5, 0.6) is 0 Å². The molecule has 156 valence electrons. The molecule has 0 aliphatic carbocycles. The highest BCUT2D eigenvalue weighted by Crippen LogP contribution is 2.22. The molecule has 6 heteroatoms. The predicted octanol–water partition coefficient (Wildman–Crippen LogP) is 3.68. The van der Waals surface area contributed by atoms with Gasteiger partial charge in [-0.2, -0.15) is 0 Å². The number of nitrogens with one attached hydrogen (secondary N) is 1. The molecule has 2 aromatic rings. The first-order valence-electron chi connectivity index (χ1n) is 10.2. The summed E-state index contributed by atoms with van der Waals surface area (Å²) in [7, 11) is 1.39. The number of ether oxygens (including phenoxy) is 1. The average Bonchev–Trinajstić information content (AvgIpc) is 3.16. The van der Waals surface area contributed by atoms with Gasteiger partial charge in [0, 0.05) is 19.5 Å². The van der Waals surface area contributed by atoms with Gasteiger partial charge in [0.15, 0.2) is 0 Å². The maximum Gasteiger partial charge on any atom is 0.337 e. The van der Waals surface area contributed by atoms with Crippen LogP contribution < -0.4 is 5.32 Å². The van der Waals surface area contributed by atoms with Gasteiger partial charge in [0.25, 0.3) is 0 Å². The predicted molar refractivity (Wildman–Crippen MR) is 110 cm³/mol. The molecule has 1 fully saturated rings. The number of amides is 1. The standard InChI is InChI=1S/C23H30N2O4/c1-17-5-11-21(29-17)14-24-22(26)12-8-18-4-3-13-25(15-18)16-19-6-9-20(10-7-19)23(27)28-2/h5-7,9-11,18H,3-4,8,12-16H2,1-2H3,(H,24,26)/t18-/m0/s1. The molecule has 1 aliphatic heterocycles. The van der Waals surface area contributed by atoms with Crippen LogP contribution in [0.4, 0.5) is 0 Å². The summed E-state index contributed by atoms with van der Waals surface area (Å²) in [6.07, 6.45) is 3.77. The first kappa shape index (κ1) is 21.1. The summed E-state index contributed by atoms with van der Waals surface area (Å²) >= 11 is 0. The molecule has 2 heterocycles. The summed E-state index contributed by atoms with van der Waals surface area (Å²) in [5.74, 6) is 1.95. The van der Waals surface area contributed by atoms with E-state index in [-0.39, 0.29) is 11.9 Å². The number of rotatable bonds is 8. The molecule has 1 saturated heterocycles. The molecule has 0 spiro atoms. The topological polar surface area (TPSA) is 71.8 Å². The quantitative estimate of drug-likeness (QED) is 0.687. The number of aryl methyl sites for hydroxylation is 1. The van der Waals surface area contributed by atoms with Crippen molar-refractivity contribution < 1.29 is 18.7 Å². The number of benzene rings is 1. The Balaban J connectivity index is 1.40. The summed E-state index contributed by atoms with van der Waals surface area (Å²) < 4.78 is 10.2. The monoisotopic (exact) mass is 398 g/mol. The maximum absolute atomic E-state index is 12.1. The van der Waals surface area contributed by atoms with Gasteiger partial charge in [-0.1, -0.05) is 12.1 Å². The molecule has 1 amide bonds. The SMILES string of the molecule is COC(=O)c1ccc(CN2CCC[C@@H](CCC(=O)NCc3ccc(C)o3)C2)cc1. The Bertz CT molecular complexity index is 813. The molecule has 0 bridgehead atoms. The first-order chi connectivity index (χ1) is 14.0. The second kappa shape index (κ2) is 10.3. The summed E-state index contributed by atoms with van der Waals surface area (Å²) in [6.45, 7) is 5.28. The van der Waals surface area contributed by atoms with Gasteiger partial charge < -0.3 is 14.5 Å². The number of furan rings is 1. The van der Waals surface area contributed by atoms with Crippen LogP contribution in [0.25, 0.3) is 0 Å². The van der Waals surface area contributed by atoms with E-state index in [0.29, 0.717) is 24.4 Å². The highest BCUT2D eigenvalue weighted by atomic mass is 16.5. The second-order valence-electron chi connectivity index (χ2n) is 7.76. The molecule has 3 rings (SSSR count). The zero-order valence-corrected chi connectivity index (χ0v) is 17.3. The average molecular weight is 399 g/mol. The molecular weight excluding hydrogens is 368 g/mol. The third kappa shape index (κ3) is 6.46. The smallest absolute Gasteiger partial charge is 0.337 e. The van der Waals surface area contributed by atoms with E-state index in [2.05, 4.69) is 10.2 Å². The van der Waals surface area contributed by atoms with Crippen LogP contribution >= 0.6 is 0 Å². The molecule has 1 atom stereocenters. The molecule has 1 N–H and O–H groups in total. The Morgan fingerprint density at radius 3 is 2.69 bits per heavy atom. The lowest BCUT2D eigenvalue weighted by Crippen LogP contribution is -2.35. The third-order valence-electron chi connectivity index (χ3n) is 5.42. The summed E-state index contributed by atoms with van der Waals surface area (Å²) in [5.41, 5.74) is 1.76. The zero-order chi connectivity index (χ0) is 20.6. The van der Waals surface area contributed by atoms with E-state index in [1.54, 1.807) is 0 Å². The Labute approximate surface area is 172 Å². The summed E-state index contributed by atoms with van der Waals surface area (Å²) in [4.78, 5) is 26.1. The maximum atomic E-state index is 12.1. The molecule has 0 unspecified atom stereocenters. The van der Waals surface area contributed by atoms with Crippen molar-refractivity contribution in [2.75, 3.05) is 20.2 Å². The Morgan fingerprint density at radius 1 is 1.21 bits per heavy atom. The minimum absolute atomic E-state index is 0.0783. The lowest BCUT2D eigenvalue weighted by molar-refractivity contribution is -0.121. The Hall–Kier alpha value is -2.60. The zero-order valence-electron chi connectivity index (χ0n) is 17.3. The van der Waals surface area contributed by atoms with Crippen LogP contribution in [-0.4, -0.2) is 37.0 Å². The molecule has 0 radical (unpaired) electrons. The number of piperidine rings is 1. The van der Waals surface area contributed by atoms with Gasteiger partial charge in [-0.05, 0) is 68.5 Å². The lowest BCUT2D eigenvalue weighted by Gasteiger charge is -2.32. The van der Waals surface area contributed by atoms with Crippen molar-refractivity contribution in [2.24, 2.45) is 5.92 Å². The molecule has 1 aromatic heterocycles. The van der Waals surface area contributed by atoms with Gasteiger partial charge in [0.2, 0.25) is 5.91 Å². The number of hydrogen-bond acceptors (Lipinski definition) is 5. The minimum atomic E-state index is -0.310. The number of carbonyl (C=O) groups excluding carboxylic acids is 2. The molecule has 6 nitrogen and oxygen atoms in total. The van der Waals surface area contributed by atoms with E-state index in [1.807, 2.05) is 43.3 Å². The van der Waals surface area contributed by atoms with Crippen molar-refractivity contribution in [1.29, 1.82) is 0 Å². The number of likely N-dealkylation sites (tertiary alicyclic amines) is 1. The van der Waals surface area contributed by atoms with Gasteiger partial charge in [-0.3, -0.25) is 9.69 Å². The Kier molecular flexibility index (Phi) is 7.47. The van der Waals surface area contributed by atoms with E-state index in [1.165, 1.54) is 19.1 Å². The fourth-order valence-corrected chi connectivity index (χ4v) is 3.84. The van der Waals surface area contributed by atoms with E-state index >= 15 is 0 Å². The van der Waals surface area contributed by atoms with E-state index < -0.39 is 0 Å². The number of hydrogen-bond donors (Lipinski definition) is 1. The van der Waals surface area contributed by atoms with E-state index in [0.717, 1.165) is 44.0 Å². The third-order valence-corrected chi connectivity index (χ3v) is 5.42. The molecule has 1 aliphatic rings. The lowest BCUT2D eigenvalue weighted by atomic mass is 9.93. The Morgan fingerprint density at radius 2 is 2.00 bits per heavy atom. The van der Waals surface area contributed by atoms with Crippen molar-refractivity contribution >= 4 is 11.9 Å². The molecule has 29 heavy (non-hydrogen) atoms. The molecular formula is C23H30N2O4. The molecule has 0 saturated carbocycles. The van der Waals surface area contributed by atoms with E-state index in [9.17, 15) is 9.59 Å². The van der Waals surface area contributed by atoms with Gasteiger partial charge in [-0.15, -0.1) is 0 Å². The van der Waals surface area contributed by atoms with Crippen LogP contribution in [-0.2, 0) is 22.6 Å². The van der Waals surface area contributed by atoms with Crippen LogP contribution in [0.15, 0.2) is 40.8 Å². The van der Waals surface area contributed by atoms with Gasteiger partial charge >= 0.3 is 5.97 Å². The normalized spacial score (nSPS) is 17.1. The van der Waals surface area contributed by atoms with Crippen molar-refractivity contribution in [2.45, 2.75) is 45.7 Å². The van der Waals surface area contributed by atoms with Crippen LogP contribution in [0.1, 0.15) is 53.1 Å². The van der Waals surface area contributed by atoms with Gasteiger partial charge in [-0.25, -0.2) is 4.79 Å². The number of methoxy groups -OCH3 is 1. The van der Waals surface area contributed by atoms with Crippen molar-refractivity contribution in [3.63, 3.8) is 0 Å². The van der Waals surface area contributed by atoms with Crippen molar-refractivity contribution in [3.05, 3.63) is 59.0 Å². The summed E-state index contributed by atoms with van der Waals surface area (Å²) in [5, 5.41) is 2.94. The first-order valence-corrected chi connectivity index (χ1v) is 10.2. The van der Waals surface area contributed by atoms with E-state index in [4.69, 9.17) is 9.15 Å². The number of carbonyl (C=O) groups is 2. The highest BCUT2D eigenvalue weighted by molar-refractivity contribution is 5.89. The number of esters is 1. The van der Waals surface area contributed by atoms with Crippen LogP contribution in [0, 0.1) is 12.8 Å². The van der Waals surface area contributed by atoms with Crippen LogP contribution in [0.3, 0.4) is 0 Å². The largest absolute Gasteiger partial charge is 0.465 e. The number of nitrogens with zero attached hydrogens (tertiary/aromatic N) is 1. The van der Waals surface area contributed by atoms with Crippen molar-refractivity contribution in [3.8, 4) is 0 Å². The fraction of sp³-hybridized carbons (Fsp3) is 0.478. The van der Waals surface area contributed by atoms with Crippen LogP contribution in [0.2, 0.25) is 0 Å². The van der Waals surface area contributed by atoms with Gasteiger partial charge in [0.05, 0.1) is 19.2 Å². The van der Waals surface area contributed by atoms with Gasteiger partial charge in [0.1, 0.15) is 11.5 Å². The second-order valence-corrected chi connectivity index (χ2v) is 7.76. The minimum Gasteiger partial charge on any atom is -0.465 e. The fourth-order valence-electron chi connectivity index (χ4n) is 3.84. The summed E-state index contributed by atoms with van der Waals surface area (Å²) in [6, 6.07) is 11.4. The highest BCUT2D eigenvalue weighted by Gasteiger charge is 2.21.